The molecule has 6 heteroatoms. The van der Waals surface area contributed by atoms with Crippen molar-refractivity contribution in [3.8, 4) is 22.5 Å². The van der Waals surface area contributed by atoms with Gasteiger partial charge >= 0.3 is 0 Å². The summed E-state index contributed by atoms with van der Waals surface area (Å²) in [5, 5.41) is 5.73. The number of nitrogens with one attached hydrogen (secondary N) is 3. The van der Waals surface area contributed by atoms with Crippen LogP contribution in [0.2, 0.25) is 0 Å². The molecule has 4 aromatic carbocycles. The highest BCUT2D eigenvalue weighted by Gasteiger charge is 2.11. The second kappa shape index (κ2) is 9.50. The smallest absolute Gasteiger partial charge is 0.255 e. The predicted molar refractivity (Wildman–Crippen MR) is 145 cm³/mol. The Morgan fingerprint density at radius 3 is 2.25 bits per heavy atom. The van der Waals surface area contributed by atoms with Crippen molar-refractivity contribution in [3.05, 3.63) is 102 Å². The second-order valence-corrected chi connectivity index (χ2v) is 8.88. The Labute approximate surface area is 209 Å². The third kappa shape index (κ3) is 4.74. The van der Waals surface area contributed by atoms with Gasteiger partial charge in [0.15, 0.2) is 0 Å². The van der Waals surface area contributed by atoms with Gasteiger partial charge in [0.05, 0.1) is 11.0 Å². The first-order chi connectivity index (χ1) is 17.4. The van der Waals surface area contributed by atoms with Gasteiger partial charge in [-0.25, -0.2) is 4.98 Å². The van der Waals surface area contributed by atoms with E-state index in [2.05, 4.69) is 34.7 Å². The number of aryl methyl sites for hydroxylation is 2. The molecule has 0 radical (unpaired) electrons. The number of aromatic nitrogens is 2. The van der Waals surface area contributed by atoms with Crippen LogP contribution >= 0.6 is 0 Å². The van der Waals surface area contributed by atoms with Gasteiger partial charge in [-0.3, -0.25) is 9.59 Å². The zero-order valence-electron chi connectivity index (χ0n) is 20.3. The largest absolute Gasteiger partial charge is 0.338 e. The van der Waals surface area contributed by atoms with Crippen LogP contribution < -0.4 is 10.6 Å². The van der Waals surface area contributed by atoms with Gasteiger partial charge in [-0.15, -0.1) is 0 Å². The van der Waals surface area contributed by atoms with Crippen molar-refractivity contribution >= 4 is 34.2 Å². The number of fused-ring (bicyclic) bond motifs is 1. The molecule has 0 atom stereocenters. The molecule has 0 aliphatic rings. The van der Waals surface area contributed by atoms with Crippen LogP contribution in [0.1, 0.15) is 28.4 Å². The molecule has 1 heterocycles. The minimum atomic E-state index is -0.245. The number of hydrogen-bond acceptors (Lipinski definition) is 3. The molecule has 0 aliphatic carbocycles. The molecule has 178 valence electrons. The number of hydrogen-bond donors (Lipinski definition) is 3. The molecule has 0 saturated heterocycles. The Balaban J connectivity index is 1.40. The molecule has 0 fully saturated rings. The maximum Gasteiger partial charge on any atom is 0.255 e. The summed E-state index contributed by atoms with van der Waals surface area (Å²) in [4.78, 5) is 32.6. The van der Waals surface area contributed by atoms with E-state index in [-0.39, 0.29) is 11.8 Å². The quantitative estimate of drug-likeness (QED) is 0.264. The normalized spacial score (nSPS) is 10.9. The highest BCUT2D eigenvalue weighted by atomic mass is 16.2. The lowest BCUT2D eigenvalue weighted by molar-refractivity contribution is -0.114. The number of amides is 2. The molecule has 1 aromatic heterocycles. The number of H-pyrrole nitrogens is 1. The Bertz CT molecular complexity index is 1620. The summed E-state index contributed by atoms with van der Waals surface area (Å²) < 4.78 is 0. The minimum absolute atomic E-state index is 0.177. The van der Waals surface area contributed by atoms with Gasteiger partial charge in [0.25, 0.3) is 5.91 Å². The molecule has 5 aromatic rings. The van der Waals surface area contributed by atoms with Gasteiger partial charge in [-0.2, -0.15) is 0 Å². The van der Waals surface area contributed by atoms with Crippen molar-refractivity contribution < 1.29 is 9.59 Å². The van der Waals surface area contributed by atoms with Crippen LogP contribution in [0, 0.1) is 13.8 Å². The lowest BCUT2D eigenvalue weighted by Crippen LogP contribution is -2.13. The van der Waals surface area contributed by atoms with Crippen molar-refractivity contribution in [1.29, 1.82) is 0 Å². The van der Waals surface area contributed by atoms with Gasteiger partial charge in [0, 0.05) is 29.4 Å². The zero-order valence-corrected chi connectivity index (χ0v) is 20.3. The summed E-state index contributed by atoms with van der Waals surface area (Å²) in [7, 11) is 0. The Hall–Kier alpha value is -4.71. The molecule has 2 amide bonds. The van der Waals surface area contributed by atoms with Gasteiger partial charge in [0.2, 0.25) is 5.91 Å². The fourth-order valence-corrected chi connectivity index (χ4v) is 4.23. The summed E-state index contributed by atoms with van der Waals surface area (Å²) in [6.45, 7) is 5.39. The fraction of sp³-hybridized carbons (Fsp3) is 0.100. The summed E-state index contributed by atoms with van der Waals surface area (Å²) >= 11 is 0. The zero-order chi connectivity index (χ0) is 25.2. The molecular weight excluding hydrogens is 448 g/mol. The van der Waals surface area contributed by atoms with E-state index in [4.69, 9.17) is 4.98 Å². The maximum atomic E-state index is 12.9. The number of nitrogens with zero attached hydrogens (tertiary/aromatic N) is 1. The molecule has 6 nitrogen and oxygen atoms in total. The third-order valence-electron chi connectivity index (χ3n) is 6.11. The van der Waals surface area contributed by atoms with Crippen molar-refractivity contribution in [3.63, 3.8) is 0 Å². The fourth-order valence-electron chi connectivity index (χ4n) is 4.23. The Morgan fingerprint density at radius 2 is 1.47 bits per heavy atom. The molecule has 5 rings (SSSR count). The van der Waals surface area contributed by atoms with Crippen LogP contribution in [0.5, 0.6) is 0 Å². The van der Waals surface area contributed by atoms with E-state index in [1.54, 1.807) is 12.1 Å². The van der Waals surface area contributed by atoms with Crippen LogP contribution in [-0.2, 0) is 4.79 Å². The van der Waals surface area contributed by atoms with Crippen LogP contribution in [0.15, 0.2) is 84.9 Å². The highest BCUT2D eigenvalue weighted by Crippen LogP contribution is 2.29. The summed E-state index contributed by atoms with van der Waals surface area (Å²) in [5.41, 5.74) is 8.77. The highest BCUT2D eigenvalue weighted by molar-refractivity contribution is 6.05. The first kappa shape index (κ1) is 23.1. The first-order valence-corrected chi connectivity index (χ1v) is 11.7. The molecule has 0 aliphatic heterocycles. The SMILES string of the molecule is CC(=O)Nc1cc(C(=O)Nc2cccc(-c3cccc(-c4nc5c(C)cccc5[nH]4)c3)c2)ccc1C. The summed E-state index contributed by atoms with van der Waals surface area (Å²) in [6.07, 6.45) is 0. The summed E-state index contributed by atoms with van der Waals surface area (Å²) in [5.74, 6) is 0.397. The topological polar surface area (TPSA) is 86.9 Å². The van der Waals surface area contributed by atoms with E-state index in [0.717, 1.165) is 44.7 Å². The van der Waals surface area contributed by atoms with Crippen LogP contribution in [0.25, 0.3) is 33.5 Å². The number of para-hydroxylation sites is 1. The molecule has 0 spiro atoms. The standard InChI is InChI=1S/C30H26N4O2/c1-18-13-14-24(17-27(18)31-20(3)35)30(36)32-25-11-6-9-22(16-25)21-8-5-10-23(15-21)29-33-26-12-4-7-19(2)28(26)34-29/h4-17H,1-3H3,(H,31,35)(H,32,36)(H,33,34). The number of aromatic amines is 1. The minimum Gasteiger partial charge on any atom is -0.338 e. The van der Waals surface area contributed by atoms with Crippen molar-refractivity contribution in [1.82, 2.24) is 9.97 Å². The lowest BCUT2D eigenvalue weighted by Gasteiger charge is -2.11. The molecule has 0 saturated carbocycles. The lowest BCUT2D eigenvalue weighted by atomic mass is 10.0. The first-order valence-electron chi connectivity index (χ1n) is 11.7. The van der Waals surface area contributed by atoms with Crippen molar-refractivity contribution in [2.45, 2.75) is 20.8 Å². The van der Waals surface area contributed by atoms with E-state index in [0.29, 0.717) is 16.9 Å². The van der Waals surface area contributed by atoms with E-state index >= 15 is 0 Å². The number of carbonyl (C=O) groups excluding carboxylic acids is 2. The van der Waals surface area contributed by atoms with Gasteiger partial charge in [-0.1, -0.05) is 48.5 Å². The molecular formula is C30H26N4O2. The number of rotatable bonds is 5. The molecule has 0 bridgehead atoms. The molecule has 36 heavy (non-hydrogen) atoms. The maximum absolute atomic E-state index is 12.9. The second-order valence-electron chi connectivity index (χ2n) is 8.88. The Kier molecular flexibility index (Phi) is 6.09. The number of imidazole rings is 1. The van der Waals surface area contributed by atoms with Crippen LogP contribution in [-0.4, -0.2) is 21.8 Å². The van der Waals surface area contributed by atoms with Gasteiger partial charge < -0.3 is 15.6 Å². The van der Waals surface area contributed by atoms with E-state index in [1.807, 2.05) is 67.6 Å². The van der Waals surface area contributed by atoms with Crippen molar-refractivity contribution in [2.75, 3.05) is 10.6 Å². The van der Waals surface area contributed by atoms with Gasteiger partial charge in [-0.05, 0) is 72.5 Å². The number of benzene rings is 4. The van der Waals surface area contributed by atoms with Crippen LogP contribution in [0.4, 0.5) is 11.4 Å². The number of anilines is 2. The molecule has 0 unspecified atom stereocenters. The van der Waals surface area contributed by atoms with Crippen molar-refractivity contribution in [2.24, 2.45) is 0 Å². The number of carbonyl (C=O) groups is 2. The Morgan fingerprint density at radius 1 is 0.750 bits per heavy atom. The molecule has 3 N–H and O–H groups in total. The average Bonchev–Trinajstić information content (AvgIpc) is 3.31. The van der Waals surface area contributed by atoms with E-state index in [9.17, 15) is 9.59 Å². The van der Waals surface area contributed by atoms with Crippen LogP contribution in [0.3, 0.4) is 0 Å². The van der Waals surface area contributed by atoms with E-state index < -0.39 is 0 Å². The monoisotopic (exact) mass is 474 g/mol. The predicted octanol–water partition coefficient (Wildman–Crippen LogP) is 6.72. The average molecular weight is 475 g/mol. The van der Waals surface area contributed by atoms with E-state index in [1.165, 1.54) is 6.92 Å². The summed E-state index contributed by atoms with van der Waals surface area (Å²) in [6, 6.07) is 27.3. The van der Waals surface area contributed by atoms with Gasteiger partial charge in [0.1, 0.15) is 5.82 Å². The third-order valence-corrected chi connectivity index (χ3v) is 6.11.